The second kappa shape index (κ2) is 5.08. The van der Waals surface area contributed by atoms with Crippen molar-refractivity contribution in [3.8, 4) is 0 Å². The molecule has 2 rings (SSSR count). The summed E-state index contributed by atoms with van der Waals surface area (Å²) in [5.41, 5.74) is 5.74. The first-order chi connectivity index (χ1) is 8.47. The number of anilines is 2. The summed E-state index contributed by atoms with van der Waals surface area (Å²) in [5, 5.41) is 3.24. The van der Waals surface area contributed by atoms with E-state index in [0.29, 0.717) is 11.7 Å². The number of benzene rings is 1. The second-order valence-corrected chi connectivity index (χ2v) is 4.78. The van der Waals surface area contributed by atoms with Gasteiger partial charge >= 0.3 is 6.18 Å². The van der Waals surface area contributed by atoms with Crippen LogP contribution in [0, 0.1) is 0 Å². The van der Waals surface area contributed by atoms with E-state index < -0.39 is 11.7 Å². The topological polar surface area (TPSA) is 38.0 Å². The quantitative estimate of drug-likeness (QED) is 0.786. The summed E-state index contributed by atoms with van der Waals surface area (Å²) >= 11 is 0. The van der Waals surface area contributed by atoms with Crippen molar-refractivity contribution >= 4 is 11.4 Å². The Morgan fingerprint density at radius 1 is 1.11 bits per heavy atom. The maximum atomic E-state index is 12.5. The Labute approximate surface area is 104 Å². The molecule has 1 aromatic carbocycles. The van der Waals surface area contributed by atoms with Crippen LogP contribution < -0.4 is 11.1 Å². The molecule has 5 heteroatoms. The van der Waals surface area contributed by atoms with Gasteiger partial charge in [0.2, 0.25) is 0 Å². The lowest BCUT2D eigenvalue weighted by molar-refractivity contribution is -0.137. The highest BCUT2D eigenvalue weighted by Gasteiger charge is 2.30. The number of halogens is 3. The zero-order chi connectivity index (χ0) is 13.2. The molecule has 1 aliphatic carbocycles. The average molecular weight is 258 g/mol. The molecule has 100 valence electrons. The lowest BCUT2D eigenvalue weighted by atomic mass is 9.95. The fourth-order valence-corrected chi connectivity index (χ4v) is 2.34. The van der Waals surface area contributed by atoms with Crippen molar-refractivity contribution in [2.24, 2.45) is 0 Å². The van der Waals surface area contributed by atoms with Gasteiger partial charge in [0.05, 0.1) is 16.9 Å². The Bertz CT molecular complexity index is 409. The van der Waals surface area contributed by atoms with Crippen LogP contribution in [0.1, 0.15) is 37.7 Å². The highest BCUT2D eigenvalue weighted by atomic mass is 19.4. The molecule has 3 N–H and O–H groups in total. The largest absolute Gasteiger partial charge is 0.416 e. The predicted molar refractivity (Wildman–Crippen MR) is 66.4 cm³/mol. The van der Waals surface area contributed by atoms with Crippen LogP contribution in [0.25, 0.3) is 0 Å². The summed E-state index contributed by atoms with van der Waals surface area (Å²) in [6.07, 6.45) is 1.34. The van der Waals surface area contributed by atoms with E-state index in [4.69, 9.17) is 5.73 Å². The minimum absolute atomic E-state index is 0.162. The van der Waals surface area contributed by atoms with Crippen LogP contribution in [0.4, 0.5) is 24.5 Å². The van der Waals surface area contributed by atoms with E-state index in [2.05, 4.69) is 5.32 Å². The number of nitrogens with two attached hydrogens (primary N) is 1. The maximum Gasteiger partial charge on any atom is 0.416 e. The summed E-state index contributed by atoms with van der Waals surface area (Å²) in [6.45, 7) is 0. The van der Waals surface area contributed by atoms with Crippen molar-refractivity contribution in [1.29, 1.82) is 0 Å². The zero-order valence-electron chi connectivity index (χ0n) is 10.1. The molecular weight excluding hydrogens is 241 g/mol. The molecule has 0 atom stereocenters. The molecule has 2 nitrogen and oxygen atoms in total. The number of nitrogens with one attached hydrogen (secondary N) is 1. The van der Waals surface area contributed by atoms with Gasteiger partial charge in [0.15, 0.2) is 0 Å². The molecule has 1 fully saturated rings. The lowest BCUT2D eigenvalue weighted by Gasteiger charge is -2.24. The predicted octanol–water partition coefficient (Wildman–Crippen LogP) is 4.03. The number of hydrogen-bond donors (Lipinski definition) is 2. The molecule has 0 saturated heterocycles. The van der Waals surface area contributed by atoms with Crippen molar-refractivity contribution in [2.75, 3.05) is 11.1 Å². The van der Waals surface area contributed by atoms with Crippen molar-refractivity contribution in [2.45, 2.75) is 44.3 Å². The standard InChI is InChI=1S/C13H17F3N2/c14-13(15,16)9-6-7-12(11(17)8-9)18-10-4-2-1-3-5-10/h6-8,10,18H,1-5,17H2. The van der Waals surface area contributed by atoms with Gasteiger partial charge in [-0.2, -0.15) is 13.2 Å². The molecule has 0 aromatic heterocycles. The molecule has 0 bridgehead atoms. The van der Waals surface area contributed by atoms with Crippen molar-refractivity contribution in [3.63, 3.8) is 0 Å². The number of nitrogen functional groups attached to an aromatic ring is 1. The minimum atomic E-state index is -4.34. The van der Waals surface area contributed by atoms with Gasteiger partial charge in [-0.25, -0.2) is 0 Å². The SMILES string of the molecule is Nc1cc(C(F)(F)F)ccc1NC1CCCCC1. The Morgan fingerprint density at radius 3 is 2.33 bits per heavy atom. The molecule has 1 aromatic rings. The van der Waals surface area contributed by atoms with Gasteiger partial charge < -0.3 is 11.1 Å². The fourth-order valence-electron chi connectivity index (χ4n) is 2.34. The van der Waals surface area contributed by atoms with Crippen molar-refractivity contribution < 1.29 is 13.2 Å². The van der Waals surface area contributed by atoms with Crippen LogP contribution in [0.2, 0.25) is 0 Å². The third-order valence-corrected chi connectivity index (χ3v) is 3.34. The molecule has 0 aliphatic heterocycles. The van der Waals surface area contributed by atoms with Gasteiger partial charge in [-0.3, -0.25) is 0 Å². The van der Waals surface area contributed by atoms with Crippen LogP contribution >= 0.6 is 0 Å². The monoisotopic (exact) mass is 258 g/mol. The van der Waals surface area contributed by atoms with Crippen LogP contribution in [-0.2, 0) is 6.18 Å². The molecular formula is C13H17F3N2. The third-order valence-electron chi connectivity index (χ3n) is 3.34. The average Bonchev–Trinajstić information content (AvgIpc) is 2.32. The Balaban J connectivity index is 2.09. The third kappa shape index (κ3) is 3.09. The van der Waals surface area contributed by atoms with Gasteiger partial charge in [0.1, 0.15) is 0 Å². The maximum absolute atomic E-state index is 12.5. The molecule has 0 unspecified atom stereocenters. The van der Waals surface area contributed by atoms with E-state index in [1.807, 2.05) is 0 Å². The fraction of sp³-hybridized carbons (Fsp3) is 0.538. The lowest BCUT2D eigenvalue weighted by Crippen LogP contribution is -2.23. The van der Waals surface area contributed by atoms with Gasteiger partial charge in [0.25, 0.3) is 0 Å². The van der Waals surface area contributed by atoms with Crippen LogP contribution in [0.3, 0.4) is 0 Å². The summed E-state index contributed by atoms with van der Waals surface area (Å²) in [7, 11) is 0. The first kappa shape index (κ1) is 13.1. The van der Waals surface area contributed by atoms with E-state index in [-0.39, 0.29) is 5.69 Å². The van der Waals surface area contributed by atoms with Crippen LogP contribution in [0.15, 0.2) is 18.2 Å². The van der Waals surface area contributed by atoms with Crippen molar-refractivity contribution in [3.05, 3.63) is 23.8 Å². The van der Waals surface area contributed by atoms with Crippen molar-refractivity contribution in [1.82, 2.24) is 0 Å². The molecule has 1 aliphatic rings. The Kier molecular flexibility index (Phi) is 3.68. The molecule has 0 spiro atoms. The molecule has 0 amide bonds. The number of alkyl halides is 3. The summed E-state index contributed by atoms with van der Waals surface area (Å²) in [4.78, 5) is 0. The molecule has 0 radical (unpaired) electrons. The Morgan fingerprint density at radius 2 is 1.78 bits per heavy atom. The number of hydrogen-bond acceptors (Lipinski definition) is 2. The van der Waals surface area contributed by atoms with Gasteiger partial charge in [-0.15, -0.1) is 0 Å². The van der Waals surface area contributed by atoms with Crippen LogP contribution in [0.5, 0.6) is 0 Å². The van der Waals surface area contributed by atoms with E-state index in [1.165, 1.54) is 12.5 Å². The van der Waals surface area contributed by atoms with Crippen LogP contribution in [-0.4, -0.2) is 6.04 Å². The molecule has 0 heterocycles. The highest BCUT2D eigenvalue weighted by molar-refractivity contribution is 5.67. The first-order valence-corrected chi connectivity index (χ1v) is 6.20. The first-order valence-electron chi connectivity index (χ1n) is 6.20. The van der Waals surface area contributed by atoms with E-state index in [1.54, 1.807) is 0 Å². The Hall–Kier alpha value is -1.39. The second-order valence-electron chi connectivity index (χ2n) is 4.78. The van der Waals surface area contributed by atoms with E-state index in [0.717, 1.165) is 37.8 Å². The van der Waals surface area contributed by atoms with Gasteiger partial charge in [-0.05, 0) is 31.0 Å². The smallest absolute Gasteiger partial charge is 0.397 e. The molecule has 18 heavy (non-hydrogen) atoms. The summed E-state index contributed by atoms with van der Waals surface area (Å²) in [5.74, 6) is 0. The minimum Gasteiger partial charge on any atom is -0.397 e. The van der Waals surface area contributed by atoms with Gasteiger partial charge in [0, 0.05) is 6.04 Å². The normalized spacial score (nSPS) is 17.7. The van der Waals surface area contributed by atoms with E-state index >= 15 is 0 Å². The van der Waals surface area contributed by atoms with Gasteiger partial charge in [-0.1, -0.05) is 19.3 Å². The van der Waals surface area contributed by atoms with E-state index in [9.17, 15) is 13.2 Å². The highest BCUT2D eigenvalue weighted by Crippen LogP contribution is 2.33. The summed E-state index contributed by atoms with van der Waals surface area (Å²) < 4.78 is 37.4. The number of rotatable bonds is 2. The molecule has 1 saturated carbocycles. The zero-order valence-corrected chi connectivity index (χ0v) is 10.1. The summed E-state index contributed by atoms with van der Waals surface area (Å²) in [6, 6.07) is 3.82.